The maximum atomic E-state index is 11.7. The smallest absolute Gasteiger partial charge is 0.305 e. The van der Waals surface area contributed by atoms with E-state index in [1.54, 1.807) is 0 Å². The summed E-state index contributed by atoms with van der Waals surface area (Å²) in [6.07, 6.45) is 20.8. The quantitative estimate of drug-likeness (QED) is 0.133. The van der Waals surface area contributed by atoms with Gasteiger partial charge in [-0.2, -0.15) is 0 Å². The molecule has 0 aliphatic heterocycles. The number of hydrogen-bond acceptors (Lipinski definition) is 3. The number of aliphatic hydroxyl groups excluding tert-OH is 1. The Morgan fingerprint density at radius 3 is 1.89 bits per heavy atom. The molecule has 166 valence electrons. The molecule has 1 N–H and O–H groups in total. The number of unbranched alkanes of at least 4 members (excludes halogenated alkanes) is 11. The molecule has 0 spiro atoms. The molecule has 0 heterocycles. The molecule has 0 aliphatic rings. The zero-order valence-corrected chi connectivity index (χ0v) is 19.3. The van der Waals surface area contributed by atoms with Gasteiger partial charge in [-0.15, -0.1) is 0 Å². The Bertz CT molecular complexity index is 388. The summed E-state index contributed by atoms with van der Waals surface area (Å²) in [7, 11) is 6.03. The third kappa shape index (κ3) is 21.4. The number of allylic oxidation sites excluding steroid dienone is 2. The van der Waals surface area contributed by atoms with Gasteiger partial charge < -0.3 is 14.3 Å². The van der Waals surface area contributed by atoms with Crippen molar-refractivity contribution < 1.29 is 19.1 Å². The molecule has 1 atom stereocenters. The topological polar surface area (TPSA) is 46.5 Å². The van der Waals surface area contributed by atoms with Crippen molar-refractivity contribution in [3.63, 3.8) is 0 Å². The van der Waals surface area contributed by atoms with Crippen LogP contribution in [0.1, 0.15) is 96.8 Å². The van der Waals surface area contributed by atoms with Crippen molar-refractivity contribution in [1.82, 2.24) is 0 Å². The minimum atomic E-state index is -0.585. The fourth-order valence-corrected chi connectivity index (χ4v) is 3.29. The summed E-state index contributed by atoms with van der Waals surface area (Å²) >= 11 is 0. The van der Waals surface area contributed by atoms with E-state index < -0.39 is 6.10 Å². The number of carbonyl (C=O) groups excluding carboxylic acids is 1. The maximum absolute atomic E-state index is 11.7. The van der Waals surface area contributed by atoms with Crippen molar-refractivity contribution in [2.45, 2.75) is 103 Å². The molecule has 0 aliphatic carbocycles. The van der Waals surface area contributed by atoms with Crippen LogP contribution in [0.3, 0.4) is 0 Å². The van der Waals surface area contributed by atoms with Crippen molar-refractivity contribution in [3.05, 3.63) is 12.2 Å². The molecule has 0 rings (SSSR count). The number of esters is 1. The predicted molar refractivity (Wildman–Crippen MR) is 119 cm³/mol. The molecule has 0 amide bonds. The summed E-state index contributed by atoms with van der Waals surface area (Å²) in [5, 5.41) is 9.84. The molecular weight excluding hydrogens is 350 g/mol. The van der Waals surface area contributed by atoms with E-state index in [0.29, 0.717) is 17.4 Å². The molecule has 0 aromatic carbocycles. The first kappa shape index (κ1) is 27.1. The van der Waals surface area contributed by atoms with Gasteiger partial charge >= 0.3 is 5.97 Å². The highest BCUT2D eigenvalue weighted by Gasteiger charge is 2.17. The predicted octanol–water partition coefficient (Wildman–Crippen LogP) is 5.63. The number of hydrogen-bond donors (Lipinski definition) is 1. The van der Waals surface area contributed by atoms with Crippen molar-refractivity contribution in [2.75, 3.05) is 34.3 Å². The van der Waals surface area contributed by atoms with Gasteiger partial charge in [-0.1, -0.05) is 70.4 Å². The Morgan fingerprint density at radius 2 is 1.36 bits per heavy atom. The van der Waals surface area contributed by atoms with Gasteiger partial charge in [0.05, 0.1) is 21.1 Å². The van der Waals surface area contributed by atoms with E-state index in [4.69, 9.17) is 4.74 Å². The SMILES string of the molecule is CCCCCCCCC=CCCCCCCCC(=O)OCC(O)C[N+](C)(C)C. The average molecular weight is 399 g/mol. The second kappa shape index (κ2) is 18.2. The average Bonchev–Trinajstić information content (AvgIpc) is 2.62. The van der Waals surface area contributed by atoms with Gasteiger partial charge in [0.2, 0.25) is 0 Å². The summed E-state index contributed by atoms with van der Waals surface area (Å²) in [5.74, 6) is -0.182. The zero-order valence-electron chi connectivity index (χ0n) is 19.3. The van der Waals surface area contributed by atoms with Gasteiger partial charge in [-0.3, -0.25) is 4.79 Å². The molecule has 0 saturated carbocycles. The Morgan fingerprint density at radius 1 is 0.857 bits per heavy atom. The first-order valence-electron chi connectivity index (χ1n) is 11.6. The van der Waals surface area contributed by atoms with Crippen molar-refractivity contribution in [1.29, 1.82) is 0 Å². The van der Waals surface area contributed by atoms with E-state index in [-0.39, 0.29) is 12.6 Å². The van der Waals surface area contributed by atoms with Crippen molar-refractivity contribution in [3.8, 4) is 0 Å². The molecule has 4 nitrogen and oxygen atoms in total. The Labute approximate surface area is 174 Å². The van der Waals surface area contributed by atoms with E-state index >= 15 is 0 Å². The Hall–Kier alpha value is -0.870. The van der Waals surface area contributed by atoms with E-state index in [9.17, 15) is 9.90 Å². The number of carbonyl (C=O) groups is 1. The summed E-state index contributed by atoms with van der Waals surface area (Å²) in [6.45, 7) is 2.96. The number of nitrogens with zero attached hydrogens (tertiary/aromatic N) is 1. The summed E-state index contributed by atoms with van der Waals surface area (Å²) in [5.41, 5.74) is 0. The van der Waals surface area contributed by atoms with Crippen LogP contribution < -0.4 is 0 Å². The van der Waals surface area contributed by atoms with Crippen LogP contribution in [0.5, 0.6) is 0 Å². The van der Waals surface area contributed by atoms with Crippen LogP contribution in [0.2, 0.25) is 0 Å². The van der Waals surface area contributed by atoms with Crippen LogP contribution >= 0.6 is 0 Å². The van der Waals surface area contributed by atoms with Gasteiger partial charge in [0.15, 0.2) is 0 Å². The minimum Gasteiger partial charge on any atom is -0.463 e. The summed E-state index contributed by atoms with van der Waals surface area (Å²) in [4.78, 5) is 11.7. The highest BCUT2D eigenvalue weighted by Crippen LogP contribution is 2.10. The molecule has 0 aromatic heterocycles. The molecule has 0 radical (unpaired) electrons. The van der Waals surface area contributed by atoms with Gasteiger partial charge in [0.25, 0.3) is 0 Å². The number of likely N-dealkylation sites (N-methyl/N-ethyl adjacent to an activating group) is 1. The highest BCUT2D eigenvalue weighted by molar-refractivity contribution is 5.69. The summed E-state index contributed by atoms with van der Waals surface area (Å²) < 4.78 is 5.82. The largest absolute Gasteiger partial charge is 0.463 e. The van der Waals surface area contributed by atoms with E-state index in [1.807, 2.05) is 21.1 Å². The number of rotatable bonds is 19. The maximum Gasteiger partial charge on any atom is 0.305 e. The van der Waals surface area contributed by atoms with E-state index in [1.165, 1.54) is 70.6 Å². The molecule has 0 fully saturated rings. The van der Waals surface area contributed by atoms with Crippen LogP contribution in [0.15, 0.2) is 12.2 Å². The molecule has 0 saturated heterocycles. The van der Waals surface area contributed by atoms with Crippen LogP contribution in [0.4, 0.5) is 0 Å². The Kier molecular flexibility index (Phi) is 17.6. The second-order valence-electron chi connectivity index (χ2n) is 9.14. The second-order valence-corrected chi connectivity index (χ2v) is 9.14. The molecule has 0 aromatic rings. The highest BCUT2D eigenvalue weighted by atomic mass is 16.5. The molecule has 28 heavy (non-hydrogen) atoms. The monoisotopic (exact) mass is 398 g/mol. The van der Waals surface area contributed by atoms with E-state index in [0.717, 1.165) is 12.8 Å². The Balaban J connectivity index is 3.36. The lowest BCUT2D eigenvalue weighted by atomic mass is 10.1. The fourth-order valence-electron chi connectivity index (χ4n) is 3.29. The van der Waals surface area contributed by atoms with Gasteiger partial charge in [-0.25, -0.2) is 0 Å². The molecule has 4 heteroatoms. The van der Waals surface area contributed by atoms with Crippen LogP contribution in [-0.4, -0.2) is 56.0 Å². The lowest BCUT2D eigenvalue weighted by Gasteiger charge is -2.26. The third-order valence-corrected chi connectivity index (χ3v) is 4.84. The standard InChI is InChI=1S/C24H48NO3/c1-5-6-7-8-9-10-11-12-13-14-15-16-17-18-19-20-24(27)28-22-23(26)21-25(2,3)4/h12-13,23,26H,5-11,14-22H2,1-4H3/q+1. The zero-order chi connectivity index (χ0) is 21.1. The molecular formula is C24H48NO3+. The minimum absolute atomic E-state index is 0.111. The lowest BCUT2D eigenvalue weighted by Crippen LogP contribution is -2.43. The van der Waals surface area contributed by atoms with Gasteiger partial charge in [0.1, 0.15) is 19.3 Å². The number of quaternary nitrogens is 1. The van der Waals surface area contributed by atoms with E-state index in [2.05, 4.69) is 19.1 Å². The first-order valence-corrected chi connectivity index (χ1v) is 11.6. The first-order chi connectivity index (χ1) is 13.3. The summed E-state index contributed by atoms with van der Waals surface area (Å²) in [6, 6.07) is 0. The molecule has 1 unspecified atom stereocenters. The molecule has 0 bridgehead atoms. The van der Waals surface area contributed by atoms with Crippen molar-refractivity contribution >= 4 is 5.97 Å². The lowest BCUT2D eigenvalue weighted by molar-refractivity contribution is -0.873. The normalized spacial score (nSPS) is 13.2. The third-order valence-electron chi connectivity index (χ3n) is 4.84. The van der Waals surface area contributed by atoms with Gasteiger partial charge in [-0.05, 0) is 32.1 Å². The van der Waals surface area contributed by atoms with Gasteiger partial charge in [0, 0.05) is 6.42 Å². The van der Waals surface area contributed by atoms with Crippen molar-refractivity contribution in [2.24, 2.45) is 0 Å². The number of aliphatic hydroxyl groups is 1. The fraction of sp³-hybridized carbons (Fsp3) is 0.875. The van der Waals surface area contributed by atoms with Crippen LogP contribution in [-0.2, 0) is 9.53 Å². The van der Waals surface area contributed by atoms with Crippen LogP contribution in [0, 0.1) is 0 Å². The number of ether oxygens (including phenoxy) is 1. The van der Waals surface area contributed by atoms with Crippen LogP contribution in [0.25, 0.3) is 0 Å².